The van der Waals surface area contributed by atoms with Crippen LogP contribution in [0.5, 0.6) is 0 Å². The minimum Gasteiger partial charge on any atom is -0.354 e. The van der Waals surface area contributed by atoms with Gasteiger partial charge in [0.05, 0.1) is 16.9 Å². The molecule has 0 aromatic carbocycles. The van der Waals surface area contributed by atoms with E-state index in [9.17, 15) is 6.17 Å². The maximum atomic E-state index is 12.8. The Morgan fingerprint density at radius 1 is 1.75 bits per heavy atom. The fourth-order valence-corrected chi connectivity index (χ4v) is 2.21. The molecule has 1 aliphatic heterocycles. The number of likely N-dealkylation sites (N-methyl/N-ethyl adjacent to an activating group) is 1. The molecule has 1 aliphatic rings. The summed E-state index contributed by atoms with van der Waals surface area (Å²) in [5.41, 5.74) is 0.345. The van der Waals surface area contributed by atoms with E-state index in [-0.39, 0.29) is 22.0 Å². The highest BCUT2D eigenvalue weighted by Gasteiger charge is 2.33. The molecule has 0 saturated carbocycles. The molecule has 7 heteroatoms. The fourth-order valence-electron chi connectivity index (χ4n) is 2.21. The predicted molar refractivity (Wildman–Crippen MR) is 92.6 cm³/mol. The molecule has 2 aromatic heterocycles. The van der Waals surface area contributed by atoms with Gasteiger partial charge >= 0.3 is 5.91 Å². The van der Waals surface area contributed by atoms with Gasteiger partial charge in [0.25, 0.3) is 6.54 Å². The van der Waals surface area contributed by atoms with Crippen LogP contribution in [0, 0.1) is 19.4 Å². The Hall–Kier alpha value is -2.62. The zero-order valence-corrected chi connectivity index (χ0v) is 12.9. The normalized spacial score (nSPS) is 41.1. The summed E-state index contributed by atoms with van der Waals surface area (Å²) in [4.78, 5) is 26.5. The third kappa shape index (κ3) is 2.92. The second kappa shape index (κ2) is 6.48. The Morgan fingerprint density at radius 2 is 2.58 bits per heavy atom. The first-order chi connectivity index (χ1) is 16.2. The van der Waals surface area contributed by atoms with Gasteiger partial charge in [-0.2, -0.15) is 0 Å². The number of rotatable bonds is 3. The smallest absolute Gasteiger partial charge is 0.302 e. The van der Waals surface area contributed by atoms with E-state index in [0.29, 0.717) is 10.6 Å². The first-order valence-electron chi connectivity index (χ1n) is 12.9. The lowest BCUT2D eigenvalue weighted by atomic mass is 9.92. The zero-order chi connectivity index (χ0) is 27.9. The molecule has 0 radical (unpaired) electrons. The van der Waals surface area contributed by atoms with E-state index in [1.165, 1.54) is 6.92 Å². The van der Waals surface area contributed by atoms with Crippen LogP contribution < -0.4 is 4.90 Å². The second-order valence-electron chi connectivity index (χ2n) is 4.97. The van der Waals surface area contributed by atoms with E-state index in [2.05, 4.69) is 19.8 Å². The molecule has 1 saturated heterocycles. The number of likely N-dealkylation sites (tertiary alicyclic amines) is 1. The third-order valence-electron chi connectivity index (χ3n) is 3.31. The van der Waals surface area contributed by atoms with Crippen LogP contribution in [0.3, 0.4) is 0 Å². The minimum absolute atomic E-state index is 0.0538. The highest BCUT2D eigenvalue weighted by Crippen LogP contribution is 2.29. The van der Waals surface area contributed by atoms with Crippen LogP contribution in [0.4, 0.5) is 5.82 Å². The molecule has 0 bridgehead atoms. The molecule has 3 rings (SSSR count). The average molecular weight is 338 g/mol. The van der Waals surface area contributed by atoms with Crippen molar-refractivity contribution in [2.24, 2.45) is 5.89 Å². The number of anilines is 1. The van der Waals surface area contributed by atoms with Crippen molar-refractivity contribution in [1.29, 1.82) is 0 Å². The first kappa shape index (κ1) is 7.09. The maximum absolute atomic E-state index is 12.8. The number of aromatic amines is 1. The van der Waals surface area contributed by atoms with E-state index in [4.69, 9.17) is 21.7 Å². The van der Waals surface area contributed by atoms with Crippen molar-refractivity contribution in [3.05, 3.63) is 29.5 Å². The molecule has 0 spiro atoms. The lowest BCUT2D eigenvalue weighted by Crippen LogP contribution is -2.53. The summed E-state index contributed by atoms with van der Waals surface area (Å²) < 4.78 is 101. The van der Waals surface area contributed by atoms with Gasteiger partial charge in [-0.25, -0.2) is 16.5 Å². The van der Waals surface area contributed by atoms with Gasteiger partial charge in [0, 0.05) is 36.7 Å². The molecule has 1 amide bonds. The molecule has 7 nitrogen and oxygen atoms in total. The molecule has 1 fully saturated rings. The number of carbonyl (C=O) groups is 1. The summed E-state index contributed by atoms with van der Waals surface area (Å²) in [7, 11) is 0.942. The number of H-pyrrole nitrogens is 1. The molecule has 0 aliphatic carbocycles. The molecular weight excluding hydrogens is 304 g/mol. The fraction of sp³-hybridized carbons (Fsp3) is 0.529. The van der Waals surface area contributed by atoms with Crippen molar-refractivity contribution >= 4 is 22.8 Å². The highest BCUT2D eigenvalue weighted by atomic mass is 16.2. The number of carbonyl (C=O) groups excluding carboxylic acids is 1. The number of amides is 1. The first-order valence-corrected chi connectivity index (χ1v) is 6.88. The van der Waals surface area contributed by atoms with E-state index >= 15 is 0 Å². The number of hydrogen-bond donors (Lipinski definition) is 1. The monoisotopic (exact) mass is 338 g/mol. The van der Waals surface area contributed by atoms with Crippen LogP contribution in [0.1, 0.15) is 35.4 Å². The Balaban J connectivity index is 2.50. The van der Waals surface area contributed by atoms with Crippen LogP contribution >= 0.6 is 0 Å². The van der Waals surface area contributed by atoms with Crippen molar-refractivity contribution in [2.45, 2.75) is 26.2 Å². The van der Waals surface area contributed by atoms with Crippen LogP contribution in [0.15, 0.2) is 12.4 Å². The summed E-state index contributed by atoms with van der Waals surface area (Å²) in [5, 5.41) is -0.0963. The second-order valence-corrected chi connectivity index (χ2v) is 4.97. The summed E-state index contributed by atoms with van der Waals surface area (Å²) >= 11 is 0. The Labute approximate surface area is 158 Å². The summed E-state index contributed by atoms with van der Waals surface area (Å²) in [6, 6.07) is -3.81. The molecule has 2 aromatic rings. The van der Waals surface area contributed by atoms with Crippen molar-refractivity contribution in [3.63, 3.8) is 0 Å². The third-order valence-corrected chi connectivity index (χ3v) is 3.31. The van der Waals surface area contributed by atoms with Crippen molar-refractivity contribution < 1.29 is 21.2 Å². The Kier molecular flexibility index (Phi) is 1.91. The lowest BCUT2D eigenvalue weighted by molar-refractivity contribution is -0.130. The molecular formula is C17H22N6O. The number of aromatic nitrogens is 3. The van der Waals surface area contributed by atoms with Crippen molar-refractivity contribution in [2.75, 3.05) is 31.5 Å². The van der Waals surface area contributed by atoms with E-state index in [1.807, 2.05) is 0 Å². The summed E-state index contributed by atoms with van der Waals surface area (Å²) in [6.45, 7) is -4.00. The summed E-state index contributed by atoms with van der Waals surface area (Å²) in [6.07, 6.45) is -2.93. The summed E-state index contributed by atoms with van der Waals surface area (Å²) in [5.74, 6) is -5.87. The number of nitrogens with zero attached hydrogens (tertiary/aromatic N) is 5. The van der Waals surface area contributed by atoms with Crippen molar-refractivity contribution in [1.82, 2.24) is 19.9 Å². The number of nitrogens with one attached hydrogen (secondary N) is 1. The molecule has 0 unspecified atom stereocenters. The van der Waals surface area contributed by atoms with E-state index in [1.54, 1.807) is 0 Å². The Morgan fingerprint density at radius 3 is 3.33 bits per heavy atom. The van der Waals surface area contributed by atoms with Crippen LogP contribution in [0.25, 0.3) is 15.9 Å². The van der Waals surface area contributed by atoms with Gasteiger partial charge in [-0.3, -0.25) is 4.79 Å². The number of piperidine rings is 1. The van der Waals surface area contributed by atoms with Crippen LogP contribution in [-0.4, -0.2) is 58.4 Å². The maximum Gasteiger partial charge on any atom is 0.302 e. The lowest BCUT2D eigenvalue weighted by Gasteiger charge is -2.41. The van der Waals surface area contributed by atoms with Gasteiger partial charge in [-0.05, 0) is 25.2 Å². The van der Waals surface area contributed by atoms with E-state index < -0.39 is 56.4 Å². The molecule has 3 heterocycles. The number of hydrogen-bond acceptors (Lipinski definition) is 4. The van der Waals surface area contributed by atoms with Crippen LogP contribution in [-0.2, 0) is 4.79 Å². The predicted octanol–water partition coefficient (Wildman–Crippen LogP) is 1.86. The SMILES string of the molecule is [2H]c1c(C)[nH]c2ncnc(N(C)[C@@]3([2H])C([2H])([2H])N(C(=O)C[N+]#[C-])C([2H])([2H])C([2H])([2H])[C@@]3([2H])C([2H])([2H])[2H])c12. The standard InChI is InChI=1S/C17H22N6O/c1-11-5-6-23(15(24)8-18-3)9-14(11)22(4)17-13-7-12(2)21-16(13)19-10-20-17/h7,10-11,14H,5-6,8-9H2,1-2,4H3,(H,19,20,21)/t11-,14+/m1/s1/i1D3,5D2,6D2,7D,9D2,11D,14D. The zero-order valence-electron chi connectivity index (χ0n) is 24.9. The van der Waals surface area contributed by atoms with Crippen LogP contribution in [0.2, 0.25) is 0 Å². The van der Waals surface area contributed by atoms with Gasteiger partial charge in [0.1, 0.15) is 17.8 Å². The molecule has 24 heavy (non-hydrogen) atoms. The van der Waals surface area contributed by atoms with Gasteiger partial charge in [0.2, 0.25) is 0 Å². The van der Waals surface area contributed by atoms with Gasteiger partial charge in [-0.15, -0.1) is 0 Å². The minimum atomic E-state index is -3.89. The topological polar surface area (TPSA) is 69.5 Å². The number of aryl methyl sites for hydroxylation is 1. The largest absolute Gasteiger partial charge is 0.354 e. The van der Waals surface area contributed by atoms with Gasteiger partial charge in [-0.1, -0.05) is 6.85 Å². The average Bonchev–Trinajstić information content (AvgIpc) is 3.03. The van der Waals surface area contributed by atoms with Gasteiger partial charge < -0.3 is 19.6 Å². The highest BCUT2D eigenvalue weighted by molar-refractivity contribution is 5.88. The molecule has 2 atom stereocenters. The molecule has 126 valence electrons. The quantitative estimate of drug-likeness (QED) is 0.867. The Bertz CT molecular complexity index is 1270. The van der Waals surface area contributed by atoms with Gasteiger partial charge in [0.15, 0.2) is 0 Å². The van der Waals surface area contributed by atoms with Crippen molar-refractivity contribution in [3.8, 4) is 0 Å². The molecule has 1 N–H and O–H groups in total. The van der Waals surface area contributed by atoms with E-state index in [0.717, 1.165) is 13.4 Å². The number of fused-ring (bicyclic) bond motifs is 1.